The normalized spacial score (nSPS) is 20.1. The first-order valence-corrected chi connectivity index (χ1v) is 14.1. The van der Waals surface area contributed by atoms with Crippen LogP contribution in [0.2, 0.25) is 0 Å². The monoisotopic (exact) mass is 509 g/mol. The third-order valence-electron chi connectivity index (χ3n) is 8.36. The van der Waals surface area contributed by atoms with E-state index in [0.717, 1.165) is 36.6 Å². The Morgan fingerprint density at radius 2 is 1.53 bits per heavy atom. The maximum absolute atomic E-state index is 13.9. The molecule has 0 spiro atoms. The van der Waals surface area contributed by atoms with Crippen LogP contribution in [0.15, 0.2) is 78.9 Å². The van der Waals surface area contributed by atoms with E-state index >= 15 is 0 Å². The topological polar surface area (TPSA) is 43.9 Å². The maximum Gasteiger partial charge on any atom is 0.258 e. The van der Waals surface area contributed by atoms with Gasteiger partial charge in [-0.2, -0.15) is 0 Å². The lowest BCUT2D eigenvalue weighted by Gasteiger charge is -2.43. The smallest absolute Gasteiger partial charge is 0.258 e. The van der Waals surface area contributed by atoms with Gasteiger partial charge < -0.3 is 14.7 Å². The van der Waals surface area contributed by atoms with Crippen LogP contribution in [0.25, 0.3) is 0 Å². The van der Waals surface area contributed by atoms with Crippen molar-refractivity contribution in [2.75, 3.05) is 29.4 Å². The van der Waals surface area contributed by atoms with Crippen molar-refractivity contribution in [2.45, 2.75) is 64.5 Å². The molecule has 0 radical (unpaired) electrons. The van der Waals surface area contributed by atoms with Crippen LogP contribution in [-0.2, 0) is 4.79 Å². The quantitative estimate of drug-likeness (QED) is 0.367. The van der Waals surface area contributed by atoms with Crippen molar-refractivity contribution in [3.05, 3.63) is 95.6 Å². The number of hydrogen-bond acceptors (Lipinski definition) is 3. The van der Waals surface area contributed by atoms with E-state index in [9.17, 15) is 9.59 Å². The molecule has 0 unspecified atom stereocenters. The molecule has 0 aromatic heterocycles. The van der Waals surface area contributed by atoms with Crippen molar-refractivity contribution < 1.29 is 9.59 Å². The lowest BCUT2D eigenvalue weighted by molar-refractivity contribution is -0.118. The van der Waals surface area contributed by atoms with Gasteiger partial charge in [0, 0.05) is 29.4 Å². The fraction of sp³-hybridized carbons (Fsp3) is 0.394. The average Bonchev–Trinajstić information content (AvgIpc) is 2.97. The molecule has 2 heterocycles. The Morgan fingerprint density at radius 1 is 0.868 bits per heavy atom. The third-order valence-corrected chi connectivity index (χ3v) is 8.36. The highest BCUT2D eigenvalue weighted by Gasteiger charge is 2.38. The van der Waals surface area contributed by atoms with Crippen molar-refractivity contribution in [3.63, 3.8) is 0 Å². The highest BCUT2D eigenvalue weighted by Crippen LogP contribution is 2.43. The van der Waals surface area contributed by atoms with Gasteiger partial charge in [-0.1, -0.05) is 62.4 Å². The molecule has 5 nitrogen and oxygen atoms in total. The molecule has 3 aromatic carbocycles. The minimum Gasteiger partial charge on any atom is -0.305 e. The molecule has 38 heavy (non-hydrogen) atoms. The summed E-state index contributed by atoms with van der Waals surface area (Å²) in [5.41, 5.74) is 4.85. The molecule has 3 aromatic rings. The highest BCUT2D eigenvalue weighted by atomic mass is 16.2. The molecule has 1 fully saturated rings. The molecule has 0 N–H and O–H groups in total. The summed E-state index contributed by atoms with van der Waals surface area (Å²) < 4.78 is 0. The molecule has 2 atom stereocenters. The Morgan fingerprint density at radius 3 is 2.18 bits per heavy atom. The number of carbonyl (C=O) groups is 2. The van der Waals surface area contributed by atoms with E-state index in [2.05, 4.69) is 36.9 Å². The van der Waals surface area contributed by atoms with Crippen molar-refractivity contribution in [2.24, 2.45) is 0 Å². The molecule has 2 aliphatic heterocycles. The Balaban J connectivity index is 1.42. The van der Waals surface area contributed by atoms with Gasteiger partial charge in [-0.05, 0) is 93.2 Å². The van der Waals surface area contributed by atoms with Gasteiger partial charge in [0.25, 0.3) is 5.91 Å². The summed E-state index contributed by atoms with van der Waals surface area (Å²) >= 11 is 0. The summed E-state index contributed by atoms with van der Waals surface area (Å²) in [4.78, 5) is 33.5. The van der Waals surface area contributed by atoms with Crippen LogP contribution in [0.4, 0.5) is 11.4 Å². The molecule has 0 bridgehead atoms. The molecule has 5 heteroatoms. The molecule has 0 aliphatic carbocycles. The molecule has 5 rings (SSSR count). The molecular formula is C33H39N3O2. The molecule has 0 saturated carbocycles. The number of nitrogens with zero attached hydrogens (tertiary/aromatic N) is 3. The fourth-order valence-electron chi connectivity index (χ4n) is 6.21. The number of piperidine rings is 1. The van der Waals surface area contributed by atoms with Gasteiger partial charge in [0.1, 0.15) is 0 Å². The fourth-order valence-corrected chi connectivity index (χ4v) is 6.21. The summed E-state index contributed by atoms with van der Waals surface area (Å²) in [6.45, 7) is 9.63. The largest absolute Gasteiger partial charge is 0.305 e. The van der Waals surface area contributed by atoms with Gasteiger partial charge in [-0.15, -0.1) is 0 Å². The van der Waals surface area contributed by atoms with E-state index in [-0.39, 0.29) is 23.9 Å². The zero-order valence-electron chi connectivity index (χ0n) is 22.8. The first-order chi connectivity index (χ1) is 18.5. The van der Waals surface area contributed by atoms with E-state index < -0.39 is 0 Å². The summed E-state index contributed by atoms with van der Waals surface area (Å²) in [6.07, 6.45) is 3.45. The molecule has 2 amide bonds. The van der Waals surface area contributed by atoms with Crippen LogP contribution in [0.5, 0.6) is 0 Å². The van der Waals surface area contributed by atoms with Crippen LogP contribution in [0.1, 0.15) is 79.9 Å². The number of fused-ring (bicyclic) bond motifs is 1. The summed E-state index contributed by atoms with van der Waals surface area (Å²) in [5.74, 6) is 0.671. The van der Waals surface area contributed by atoms with Crippen LogP contribution >= 0.6 is 0 Å². The number of amides is 2. The number of para-hydroxylation sites is 2. The Labute approximate surface area is 227 Å². The number of rotatable bonds is 6. The zero-order chi connectivity index (χ0) is 26.6. The number of likely N-dealkylation sites (tertiary alicyclic amines) is 1. The van der Waals surface area contributed by atoms with E-state index in [1.54, 1.807) is 0 Å². The van der Waals surface area contributed by atoms with Crippen LogP contribution in [0, 0.1) is 0 Å². The Bertz CT molecular complexity index is 1250. The Kier molecular flexibility index (Phi) is 7.94. The molecule has 1 saturated heterocycles. The van der Waals surface area contributed by atoms with Crippen LogP contribution in [0.3, 0.4) is 0 Å². The maximum atomic E-state index is 13.9. The summed E-state index contributed by atoms with van der Waals surface area (Å²) in [6, 6.07) is 26.1. The number of carbonyl (C=O) groups excluding carboxylic acids is 2. The second kappa shape index (κ2) is 11.5. The van der Waals surface area contributed by atoms with E-state index in [4.69, 9.17) is 0 Å². The Hall–Kier alpha value is -3.44. The second-order valence-electron chi connectivity index (χ2n) is 10.6. The molecule has 2 aliphatic rings. The standard InChI is InChI=1S/C33H39N3O2/c1-4-32(37)36(28-11-7-6-8-12-28)31-23-24(3)35(30-14-10-9-13-29(30)31)33(38)27-17-15-25(16-18-27)26-19-21-34(5-2)22-20-26/h6-18,24,26,31H,4-5,19-23H2,1-3H3/t24-,31+/m0/s1. The third kappa shape index (κ3) is 5.12. The van der Waals surface area contributed by atoms with E-state index in [1.807, 2.05) is 77.4 Å². The van der Waals surface area contributed by atoms with E-state index in [1.165, 1.54) is 18.4 Å². The van der Waals surface area contributed by atoms with Crippen molar-refractivity contribution in [1.82, 2.24) is 4.90 Å². The van der Waals surface area contributed by atoms with Crippen LogP contribution in [-0.4, -0.2) is 42.4 Å². The van der Waals surface area contributed by atoms with E-state index in [0.29, 0.717) is 24.3 Å². The molecule has 198 valence electrons. The van der Waals surface area contributed by atoms with Gasteiger partial charge in [-0.3, -0.25) is 9.59 Å². The predicted molar refractivity (Wildman–Crippen MR) is 155 cm³/mol. The minimum atomic E-state index is -0.128. The first-order valence-electron chi connectivity index (χ1n) is 14.1. The zero-order valence-corrected chi connectivity index (χ0v) is 22.8. The lowest BCUT2D eigenvalue weighted by Crippen LogP contribution is -2.47. The first kappa shape index (κ1) is 26.2. The molecular weight excluding hydrogens is 470 g/mol. The van der Waals surface area contributed by atoms with Crippen molar-refractivity contribution >= 4 is 23.2 Å². The average molecular weight is 510 g/mol. The summed E-state index contributed by atoms with van der Waals surface area (Å²) in [5, 5.41) is 0. The number of benzene rings is 3. The van der Waals surface area contributed by atoms with Crippen LogP contribution < -0.4 is 9.80 Å². The van der Waals surface area contributed by atoms with Gasteiger partial charge in [-0.25, -0.2) is 0 Å². The van der Waals surface area contributed by atoms with Gasteiger partial charge in [0.15, 0.2) is 0 Å². The number of anilines is 2. The SMILES string of the molecule is CCC(=O)N(c1ccccc1)[C@@H]1C[C@H](C)N(C(=O)c2ccc(C3CCN(CC)CC3)cc2)c2ccccc21. The predicted octanol–water partition coefficient (Wildman–Crippen LogP) is 6.81. The van der Waals surface area contributed by atoms with Gasteiger partial charge >= 0.3 is 0 Å². The second-order valence-corrected chi connectivity index (χ2v) is 10.6. The number of hydrogen-bond donors (Lipinski definition) is 0. The van der Waals surface area contributed by atoms with Gasteiger partial charge in [0.05, 0.1) is 6.04 Å². The summed E-state index contributed by atoms with van der Waals surface area (Å²) in [7, 11) is 0. The minimum absolute atomic E-state index is 0.0174. The lowest BCUT2D eigenvalue weighted by atomic mass is 9.88. The van der Waals surface area contributed by atoms with Crippen molar-refractivity contribution in [1.29, 1.82) is 0 Å². The van der Waals surface area contributed by atoms with Gasteiger partial charge in [0.2, 0.25) is 5.91 Å². The van der Waals surface area contributed by atoms with Crippen molar-refractivity contribution in [3.8, 4) is 0 Å². The highest BCUT2D eigenvalue weighted by molar-refractivity contribution is 6.07.